The molecule has 114 valence electrons. The van der Waals surface area contributed by atoms with Gasteiger partial charge in [0.05, 0.1) is 5.75 Å². The summed E-state index contributed by atoms with van der Waals surface area (Å²) >= 11 is 0. The van der Waals surface area contributed by atoms with Crippen LogP contribution in [0.4, 0.5) is 0 Å². The highest BCUT2D eigenvalue weighted by molar-refractivity contribution is 7.91. The molecule has 4 nitrogen and oxygen atoms in total. The maximum absolute atomic E-state index is 11.6. The molecule has 0 aromatic rings. The van der Waals surface area contributed by atoms with Gasteiger partial charge in [0, 0.05) is 31.6 Å². The third-order valence-corrected chi connectivity index (χ3v) is 5.83. The van der Waals surface area contributed by atoms with Crippen LogP contribution in [0, 0.1) is 5.41 Å². The summed E-state index contributed by atoms with van der Waals surface area (Å²) in [6.45, 7) is 8.60. The van der Waals surface area contributed by atoms with Gasteiger partial charge in [-0.1, -0.05) is 20.8 Å². The van der Waals surface area contributed by atoms with Gasteiger partial charge in [-0.25, -0.2) is 8.42 Å². The number of ether oxygens (including phenoxy) is 1. The Labute approximate surface area is 118 Å². The van der Waals surface area contributed by atoms with E-state index in [9.17, 15) is 8.42 Å². The number of hydrogen-bond acceptors (Lipinski definition) is 4. The lowest BCUT2D eigenvalue weighted by atomic mass is 9.76. The maximum atomic E-state index is 11.6. The summed E-state index contributed by atoms with van der Waals surface area (Å²) in [7, 11) is -2.83. The van der Waals surface area contributed by atoms with Gasteiger partial charge >= 0.3 is 0 Å². The van der Waals surface area contributed by atoms with Crippen molar-refractivity contribution < 1.29 is 13.2 Å². The zero-order valence-corrected chi connectivity index (χ0v) is 13.4. The fourth-order valence-corrected chi connectivity index (χ4v) is 3.42. The van der Waals surface area contributed by atoms with Crippen LogP contribution in [0.25, 0.3) is 0 Å². The molecular weight excluding hydrogens is 262 g/mol. The SMILES string of the molecule is CCS(=O)(=O)CCCC1(CNC(C)C)CCOCC1. The lowest BCUT2D eigenvalue weighted by Crippen LogP contribution is -2.41. The van der Waals surface area contributed by atoms with Crippen LogP contribution in [-0.4, -0.2) is 45.7 Å². The molecule has 19 heavy (non-hydrogen) atoms. The van der Waals surface area contributed by atoms with Crippen molar-refractivity contribution in [3.8, 4) is 0 Å². The van der Waals surface area contributed by atoms with Crippen LogP contribution in [0.5, 0.6) is 0 Å². The van der Waals surface area contributed by atoms with Crippen molar-refractivity contribution in [2.45, 2.75) is 52.5 Å². The third-order valence-electron chi connectivity index (χ3n) is 4.04. The molecule has 1 aliphatic heterocycles. The predicted molar refractivity (Wildman–Crippen MR) is 79.2 cm³/mol. The van der Waals surface area contributed by atoms with E-state index in [0.29, 0.717) is 11.8 Å². The molecule has 0 amide bonds. The van der Waals surface area contributed by atoms with Crippen LogP contribution < -0.4 is 5.32 Å². The number of nitrogens with one attached hydrogen (secondary N) is 1. The van der Waals surface area contributed by atoms with Crippen LogP contribution in [-0.2, 0) is 14.6 Å². The predicted octanol–water partition coefficient (Wildman–Crippen LogP) is 2.00. The van der Waals surface area contributed by atoms with E-state index in [-0.39, 0.29) is 11.2 Å². The Balaban J connectivity index is 2.49. The van der Waals surface area contributed by atoms with E-state index >= 15 is 0 Å². The monoisotopic (exact) mass is 291 g/mol. The second-order valence-electron chi connectivity index (χ2n) is 5.99. The Morgan fingerprint density at radius 1 is 1.26 bits per heavy atom. The first kappa shape index (κ1) is 16.9. The molecule has 0 aliphatic carbocycles. The van der Waals surface area contributed by atoms with Crippen LogP contribution in [0.1, 0.15) is 46.5 Å². The molecule has 1 heterocycles. The Morgan fingerprint density at radius 3 is 2.42 bits per heavy atom. The maximum Gasteiger partial charge on any atom is 0.150 e. The molecule has 0 unspecified atom stereocenters. The number of hydrogen-bond donors (Lipinski definition) is 1. The van der Waals surface area contributed by atoms with Crippen molar-refractivity contribution in [1.29, 1.82) is 0 Å². The van der Waals surface area contributed by atoms with Gasteiger partial charge in [0.15, 0.2) is 0 Å². The summed E-state index contributed by atoms with van der Waals surface area (Å²) in [6, 6.07) is 0.471. The minimum atomic E-state index is -2.83. The highest BCUT2D eigenvalue weighted by atomic mass is 32.2. The lowest BCUT2D eigenvalue weighted by Gasteiger charge is -2.38. The second-order valence-corrected chi connectivity index (χ2v) is 8.46. The molecule has 0 atom stereocenters. The average molecular weight is 291 g/mol. The van der Waals surface area contributed by atoms with Crippen molar-refractivity contribution in [2.24, 2.45) is 5.41 Å². The number of rotatable bonds is 8. The van der Waals surface area contributed by atoms with Gasteiger partial charge < -0.3 is 10.1 Å². The molecule has 1 rings (SSSR count). The molecule has 1 N–H and O–H groups in total. The van der Waals surface area contributed by atoms with E-state index in [1.54, 1.807) is 6.92 Å². The molecule has 0 saturated carbocycles. The van der Waals surface area contributed by atoms with Crippen LogP contribution in [0.3, 0.4) is 0 Å². The molecule has 1 aliphatic rings. The molecular formula is C14H29NO3S. The molecule has 0 aromatic heterocycles. The highest BCUT2D eigenvalue weighted by Gasteiger charge is 2.32. The fourth-order valence-electron chi connectivity index (χ4n) is 2.55. The summed E-state index contributed by atoms with van der Waals surface area (Å²) in [4.78, 5) is 0. The first-order valence-electron chi connectivity index (χ1n) is 7.41. The van der Waals surface area contributed by atoms with E-state index in [1.807, 2.05) is 0 Å². The molecule has 0 aromatic carbocycles. The summed E-state index contributed by atoms with van der Waals surface area (Å²) in [5.74, 6) is 0.584. The van der Waals surface area contributed by atoms with Crippen LogP contribution in [0.15, 0.2) is 0 Å². The first-order valence-corrected chi connectivity index (χ1v) is 9.23. The zero-order valence-electron chi connectivity index (χ0n) is 12.6. The Bertz CT molecular complexity index is 346. The molecule has 0 spiro atoms. The van der Waals surface area contributed by atoms with E-state index in [1.165, 1.54) is 0 Å². The van der Waals surface area contributed by atoms with E-state index < -0.39 is 9.84 Å². The van der Waals surface area contributed by atoms with Crippen molar-refractivity contribution >= 4 is 9.84 Å². The summed E-state index contributed by atoms with van der Waals surface area (Å²) < 4.78 is 28.6. The molecule has 0 radical (unpaired) electrons. The smallest absolute Gasteiger partial charge is 0.150 e. The van der Waals surface area contributed by atoms with Crippen LogP contribution >= 0.6 is 0 Å². The normalized spacial score (nSPS) is 19.8. The number of sulfone groups is 1. The summed E-state index contributed by atoms with van der Waals surface area (Å²) in [6.07, 6.45) is 3.84. The molecule has 1 saturated heterocycles. The minimum absolute atomic E-state index is 0.228. The van der Waals surface area contributed by atoms with Gasteiger partial charge in [-0.15, -0.1) is 0 Å². The average Bonchev–Trinajstić information content (AvgIpc) is 2.37. The van der Waals surface area contributed by atoms with E-state index in [0.717, 1.165) is 45.4 Å². The van der Waals surface area contributed by atoms with Crippen LogP contribution in [0.2, 0.25) is 0 Å². The second kappa shape index (κ2) is 7.60. The largest absolute Gasteiger partial charge is 0.381 e. The highest BCUT2D eigenvalue weighted by Crippen LogP contribution is 2.35. The molecule has 0 bridgehead atoms. The van der Waals surface area contributed by atoms with Crippen molar-refractivity contribution in [2.75, 3.05) is 31.3 Å². The molecule has 5 heteroatoms. The summed E-state index contributed by atoms with van der Waals surface area (Å²) in [5, 5.41) is 3.51. The Morgan fingerprint density at radius 2 is 1.89 bits per heavy atom. The van der Waals surface area contributed by atoms with Gasteiger partial charge in [0.2, 0.25) is 0 Å². The topological polar surface area (TPSA) is 55.4 Å². The van der Waals surface area contributed by atoms with Gasteiger partial charge in [-0.05, 0) is 31.1 Å². The molecule has 1 fully saturated rings. The standard InChI is InChI=1S/C14H29NO3S/c1-4-19(16,17)11-5-6-14(12-15-13(2)3)7-9-18-10-8-14/h13,15H,4-12H2,1-3H3. The lowest BCUT2D eigenvalue weighted by molar-refractivity contribution is 0.00930. The van der Waals surface area contributed by atoms with Gasteiger partial charge in [0.1, 0.15) is 9.84 Å². The van der Waals surface area contributed by atoms with Gasteiger partial charge in [0.25, 0.3) is 0 Å². The third kappa shape index (κ3) is 6.23. The quantitative estimate of drug-likeness (QED) is 0.743. The first-order chi connectivity index (χ1) is 8.89. The fraction of sp³-hybridized carbons (Fsp3) is 1.00. The summed E-state index contributed by atoms with van der Waals surface area (Å²) in [5.41, 5.74) is 0.228. The van der Waals surface area contributed by atoms with E-state index in [4.69, 9.17) is 4.74 Å². The van der Waals surface area contributed by atoms with Gasteiger partial charge in [-0.3, -0.25) is 0 Å². The minimum Gasteiger partial charge on any atom is -0.381 e. The van der Waals surface area contributed by atoms with Crippen molar-refractivity contribution in [3.63, 3.8) is 0 Å². The Kier molecular flexibility index (Phi) is 6.77. The Hall–Kier alpha value is -0.130. The van der Waals surface area contributed by atoms with Crippen molar-refractivity contribution in [3.05, 3.63) is 0 Å². The van der Waals surface area contributed by atoms with Crippen molar-refractivity contribution in [1.82, 2.24) is 5.32 Å². The zero-order chi connectivity index (χ0) is 14.4. The van der Waals surface area contributed by atoms with Gasteiger partial charge in [-0.2, -0.15) is 0 Å². The van der Waals surface area contributed by atoms with E-state index in [2.05, 4.69) is 19.2 Å².